The Morgan fingerprint density at radius 1 is 1.19 bits per heavy atom. The summed E-state index contributed by atoms with van der Waals surface area (Å²) in [6.07, 6.45) is 0.669. The molecule has 7 heteroatoms. The molecule has 0 radical (unpaired) electrons. The van der Waals surface area contributed by atoms with Crippen LogP contribution in [0.2, 0.25) is 0 Å². The monoisotopic (exact) mass is 354 g/mol. The Hall–Kier alpha value is -3.22. The summed E-state index contributed by atoms with van der Waals surface area (Å²) in [4.78, 5) is 24.7. The molecular weight excluding hydrogens is 336 g/mol. The van der Waals surface area contributed by atoms with E-state index in [1.165, 1.54) is 0 Å². The average molecular weight is 354 g/mol. The fourth-order valence-electron chi connectivity index (χ4n) is 2.99. The maximum atomic E-state index is 12.6. The smallest absolute Gasteiger partial charge is 0.420 e. The molecule has 1 aliphatic heterocycles. The minimum absolute atomic E-state index is 0.161. The topological polar surface area (TPSA) is 82.7 Å². The third kappa shape index (κ3) is 2.92. The van der Waals surface area contributed by atoms with E-state index in [9.17, 15) is 9.59 Å². The van der Waals surface area contributed by atoms with E-state index >= 15 is 0 Å². The number of para-hydroxylation sites is 2. The lowest BCUT2D eigenvalue weighted by molar-refractivity contribution is 0.0931. The zero-order valence-corrected chi connectivity index (χ0v) is 14.2. The Bertz CT molecular complexity index is 1020. The van der Waals surface area contributed by atoms with Gasteiger partial charge in [0.2, 0.25) is 6.79 Å². The van der Waals surface area contributed by atoms with Gasteiger partial charge < -0.3 is 19.2 Å². The summed E-state index contributed by atoms with van der Waals surface area (Å²) in [5, 5.41) is 2.97. The van der Waals surface area contributed by atoms with E-state index < -0.39 is 5.76 Å². The first-order chi connectivity index (χ1) is 12.7. The second kappa shape index (κ2) is 6.59. The number of fused-ring (bicyclic) bond motifs is 2. The Morgan fingerprint density at radius 2 is 2.00 bits per heavy atom. The number of aromatic nitrogens is 1. The Labute approximate surface area is 149 Å². The largest absolute Gasteiger partial charge is 0.454 e. The van der Waals surface area contributed by atoms with Crippen LogP contribution in [-0.4, -0.2) is 23.3 Å². The van der Waals surface area contributed by atoms with Crippen molar-refractivity contribution in [2.45, 2.75) is 25.9 Å². The molecule has 3 aromatic rings. The Kier molecular flexibility index (Phi) is 4.12. The lowest BCUT2D eigenvalue weighted by Gasteiger charge is -2.17. The molecule has 2 aromatic carbocycles. The van der Waals surface area contributed by atoms with Crippen molar-refractivity contribution in [2.24, 2.45) is 0 Å². The van der Waals surface area contributed by atoms with Crippen molar-refractivity contribution in [1.82, 2.24) is 9.88 Å². The van der Waals surface area contributed by atoms with Crippen LogP contribution in [0.5, 0.6) is 11.5 Å². The first-order valence-corrected chi connectivity index (χ1v) is 8.44. The van der Waals surface area contributed by atoms with E-state index in [0.717, 1.165) is 0 Å². The van der Waals surface area contributed by atoms with Crippen LogP contribution >= 0.6 is 0 Å². The highest BCUT2D eigenvalue weighted by Crippen LogP contribution is 2.32. The number of nitrogens with zero attached hydrogens (tertiary/aromatic N) is 1. The normalized spacial score (nSPS) is 13.7. The van der Waals surface area contributed by atoms with E-state index in [-0.39, 0.29) is 18.7 Å². The van der Waals surface area contributed by atoms with Crippen molar-refractivity contribution in [1.29, 1.82) is 0 Å². The molecule has 0 spiro atoms. The molecular formula is C19H18N2O5. The first kappa shape index (κ1) is 16.3. The zero-order chi connectivity index (χ0) is 18.1. The molecule has 0 fully saturated rings. The Morgan fingerprint density at radius 3 is 2.85 bits per heavy atom. The minimum atomic E-state index is -0.429. The van der Waals surface area contributed by atoms with Gasteiger partial charge in [-0.05, 0) is 36.8 Å². The number of oxazole rings is 1. The molecule has 0 unspecified atom stereocenters. The maximum Gasteiger partial charge on any atom is 0.420 e. The van der Waals surface area contributed by atoms with Crippen molar-refractivity contribution < 1.29 is 18.7 Å². The molecule has 26 heavy (non-hydrogen) atoms. The molecule has 2 heterocycles. The van der Waals surface area contributed by atoms with Crippen LogP contribution in [-0.2, 0) is 6.54 Å². The molecule has 1 N–H and O–H groups in total. The summed E-state index contributed by atoms with van der Waals surface area (Å²) < 4.78 is 17.4. The van der Waals surface area contributed by atoms with E-state index in [1.54, 1.807) is 28.8 Å². The van der Waals surface area contributed by atoms with Gasteiger partial charge in [-0.3, -0.25) is 9.36 Å². The number of amides is 1. The quantitative estimate of drug-likeness (QED) is 0.761. The fourth-order valence-corrected chi connectivity index (χ4v) is 2.99. The van der Waals surface area contributed by atoms with Crippen LogP contribution in [0.15, 0.2) is 51.7 Å². The number of carbonyl (C=O) groups is 1. The zero-order valence-electron chi connectivity index (χ0n) is 14.2. The summed E-state index contributed by atoms with van der Waals surface area (Å²) in [5.41, 5.74) is 1.74. The predicted octanol–water partition coefficient (Wildman–Crippen LogP) is 2.53. The number of ether oxygens (including phenoxy) is 2. The second-order valence-corrected chi connectivity index (χ2v) is 6.09. The van der Waals surface area contributed by atoms with Crippen molar-refractivity contribution in [3.05, 3.63) is 58.6 Å². The van der Waals surface area contributed by atoms with Crippen LogP contribution in [0, 0.1) is 0 Å². The predicted molar refractivity (Wildman–Crippen MR) is 94.6 cm³/mol. The van der Waals surface area contributed by atoms with E-state index in [4.69, 9.17) is 13.9 Å². The number of carbonyl (C=O) groups excluding carboxylic acids is 1. The number of benzene rings is 2. The highest BCUT2D eigenvalue weighted by molar-refractivity contribution is 5.95. The van der Waals surface area contributed by atoms with Crippen molar-refractivity contribution in [2.75, 3.05) is 6.79 Å². The van der Waals surface area contributed by atoms with Gasteiger partial charge in [-0.1, -0.05) is 19.1 Å². The molecule has 1 aromatic heterocycles. The van der Waals surface area contributed by atoms with E-state index in [2.05, 4.69) is 5.32 Å². The van der Waals surface area contributed by atoms with Gasteiger partial charge >= 0.3 is 5.76 Å². The molecule has 1 aliphatic rings. The molecule has 134 valence electrons. The van der Waals surface area contributed by atoms with Crippen molar-refractivity contribution in [3.8, 4) is 11.5 Å². The lowest BCUT2D eigenvalue weighted by atomic mass is 10.1. The first-order valence-electron chi connectivity index (χ1n) is 8.44. The van der Waals surface area contributed by atoms with Crippen LogP contribution < -0.4 is 20.5 Å². The SMILES string of the molecule is CC[C@H](Cn1c(=O)oc2ccccc21)NC(=O)c1ccc2c(c1)OCO2. The number of nitrogens with one attached hydrogen (secondary N) is 1. The van der Waals surface area contributed by atoms with Crippen molar-refractivity contribution >= 4 is 17.0 Å². The number of hydrogen-bond acceptors (Lipinski definition) is 5. The number of rotatable bonds is 5. The molecule has 0 saturated heterocycles. The second-order valence-electron chi connectivity index (χ2n) is 6.09. The summed E-state index contributed by atoms with van der Waals surface area (Å²) in [6.45, 7) is 2.45. The molecule has 0 aliphatic carbocycles. The van der Waals surface area contributed by atoms with E-state index in [0.29, 0.717) is 41.1 Å². The minimum Gasteiger partial charge on any atom is -0.454 e. The van der Waals surface area contributed by atoms with Gasteiger partial charge in [0.05, 0.1) is 5.52 Å². The van der Waals surface area contributed by atoms with Crippen LogP contribution in [0.3, 0.4) is 0 Å². The van der Waals surface area contributed by atoms with Gasteiger partial charge in [-0.2, -0.15) is 0 Å². The number of hydrogen-bond donors (Lipinski definition) is 1. The summed E-state index contributed by atoms with van der Waals surface area (Å²) in [7, 11) is 0. The van der Waals surface area contributed by atoms with Gasteiger partial charge in [-0.15, -0.1) is 0 Å². The molecule has 1 atom stereocenters. The van der Waals surface area contributed by atoms with Gasteiger partial charge in [0.1, 0.15) is 0 Å². The fraction of sp³-hybridized carbons (Fsp3) is 0.263. The van der Waals surface area contributed by atoms with Crippen LogP contribution in [0.4, 0.5) is 0 Å². The van der Waals surface area contributed by atoms with Gasteiger partial charge in [-0.25, -0.2) is 4.79 Å². The Balaban J connectivity index is 1.53. The van der Waals surface area contributed by atoms with Gasteiger partial charge in [0.15, 0.2) is 17.1 Å². The standard InChI is InChI=1S/C19H18N2O5/c1-2-13(10-21-14-5-3-4-6-15(14)26-19(21)23)20-18(22)12-7-8-16-17(9-12)25-11-24-16/h3-9,13H,2,10-11H2,1H3,(H,20,22)/t13-/m1/s1. The maximum absolute atomic E-state index is 12.6. The van der Waals surface area contributed by atoms with Crippen LogP contribution in [0.25, 0.3) is 11.1 Å². The third-order valence-corrected chi connectivity index (χ3v) is 4.44. The molecule has 1 amide bonds. The van der Waals surface area contributed by atoms with Crippen molar-refractivity contribution in [3.63, 3.8) is 0 Å². The molecule has 0 bridgehead atoms. The molecule has 0 saturated carbocycles. The summed E-state index contributed by atoms with van der Waals surface area (Å²) in [5.74, 6) is 0.533. The van der Waals surface area contributed by atoms with Gasteiger partial charge in [0, 0.05) is 18.2 Å². The summed E-state index contributed by atoms with van der Waals surface area (Å²) >= 11 is 0. The third-order valence-electron chi connectivity index (χ3n) is 4.44. The molecule has 7 nitrogen and oxygen atoms in total. The average Bonchev–Trinajstić information content (AvgIpc) is 3.24. The highest BCUT2D eigenvalue weighted by Gasteiger charge is 2.19. The highest BCUT2D eigenvalue weighted by atomic mass is 16.7. The molecule has 4 rings (SSSR count). The van der Waals surface area contributed by atoms with E-state index in [1.807, 2.05) is 25.1 Å². The van der Waals surface area contributed by atoms with Gasteiger partial charge in [0.25, 0.3) is 5.91 Å². The lowest BCUT2D eigenvalue weighted by Crippen LogP contribution is -2.39. The van der Waals surface area contributed by atoms with Crippen LogP contribution in [0.1, 0.15) is 23.7 Å². The summed E-state index contributed by atoms with van der Waals surface area (Å²) in [6, 6.07) is 12.1.